The highest BCUT2D eigenvalue weighted by molar-refractivity contribution is 14.1. The summed E-state index contributed by atoms with van der Waals surface area (Å²) in [5.74, 6) is -5.69. The van der Waals surface area contributed by atoms with E-state index in [-0.39, 0.29) is 83.6 Å². The van der Waals surface area contributed by atoms with Gasteiger partial charge in [-0.25, -0.2) is 4.79 Å². The van der Waals surface area contributed by atoms with E-state index < -0.39 is 77.9 Å². The lowest BCUT2D eigenvalue weighted by Crippen LogP contribution is -2.57. The molecule has 2 aromatic rings. The lowest BCUT2D eigenvalue weighted by Gasteiger charge is -2.23. The highest BCUT2D eigenvalue weighted by Gasteiger charge is 2.31. The lowest BCUT2D eigenvalue weighted by molar-refractivity contribution is -0.142. The number of carboxylic acids is 1. The van der Waals surface area contributed by atoms with E-state index in [1.165, 1.54) is 19.9 Å². The van der Waals surface area contributed by atoms with E-state index in [1.54, 1.807) is 24.3 Å². The first-order valence-electron chi connectivity index (χ1n) is 20.1. The number of aliphatic carboxylic acids is 1. The largest absolute Gasteiger partial charge is 0.507 e. The molecule has 8 amide bonds. The van der Waals surface area contributed by atoms with E-state index in [9.17, 15) is 53.4 Å². The molecule has 0 aromatic heterocycles. The number of primary amides is 1. The van der Waals surface area contributed by atoms with Crippen molar-refractivity contribution in [3.8, 4) is 17.2 Å². The van der Waals surface area contributed by atoms with E-state index in [0.717, 1.165) is 17.1 Å². The number of nitrogens with one attached hydrogen (secondary N) is 5. The lowest BCUT2D eigenvalue weighted by atomic mass is 10.0. The molecule has 2 aromatic carbocycles. The molecule has 0 radical (unpaired) electrons. The number of nitrogens with zero attached hydrogens (tertiary/aromatic N) is 1. The fourth-order valence-corrected chi connectivity index (χ4v) is 8.22. The number of imide groups is 1. The Bertz CT molecular complexity index is 2100. The molecule has 4 atom stereocenters. The van der Waals surface area contributed by atoms with Gasteiger partial charge in [-0.2, -0.15) is 0 Å². The average Bonchev–Trinajstić information content (AvgIpc) is 3.57. The molecule has 22 nitrogen and oxygen atoms in total. The smallest absolute Gasteiger partial charge is 0.326 e. The summed E-state index contributed by atoms with van der Waals surface area (Å²) in [6.07, 6.45) is 1.33. The number of aromatic hydroxyl groups is 1. The number of halogens is 3. The number of phenols is 1. The first kappa shape index (κ1) is 55.6. The van der Waals surface area contributed by atoms with E-state index in [2.05, 4.69) is 26.6 Å². The number of rotatable bonds is 29. The average molecular weight is 1260 g/mol. The monoisotopic (exact) mass is 1260 g/mol. The van der Waals surface area contributed by atoms with Gasteiger partial charge in [0.15, 0.2) is 5.75 Å². The van der Waals surface area contributed by atoms with Crippen molar-refractivity contribution in [1.82, 2.24) is 31.5 Å². The van der Waals surface area contributed by atoms with Crippen LogP contribution in [0.3, 0.4) is 0 Å². The summed E-state index contributed by atoms with van der Waals surface area (Å²) in [6, 6.07) is 2.66. The second-order valence-corrected chi connectivity index (χ2v) is 17.8. The first-order chi connectivity index (χ1) is 31.2. The fourth-order valence-electron chi connectivity index (χ4n) is 5.62. The molecule has 0 saturated carbocycles. The molecule has 0 bridgehead atoms. The number of hydrogen-bond donors (Lipinski definition) is 8. The van der Waals surface area contributed by atoms with E-state index in [4.69, 9.17) is 24.7 Å². The van der Waals surface area contributed by atoms with Gasteiger partial charge in [-0.3, -0.25) is 43.3 Å². The number of nitrogens with two attached hydrogens (primary N) is 1. The van der Waals surface area contributed by atoms with Gasteiger partial charge in [0.05, 0.1) is 56.8 Å². The van der Waals surface area contributed by atoms with Crippen LogP contribution >= 0.6 is 67.8 Å². The second-order valence-electron chi connectivity index (χ2n) is 14.3. The number of carbonyl (C=O) groups is 9. The van der Waals surface area contributed by atoms with Crippen LogP contribution in [0.25, 0.3) is 0 Å². The van der Waals surface area contributed by atoms with Crippen LogP contribution in [-0.2, 0) is 63.8 Å². The Kier molecular flexibility index (Phi) is 24.0. The van der Waals surface area contributed by atoms with Crippen molar-refractivity contribution in [3.63, 3.8) is 0 Å². The summed E-state index contributed by atoms with van der Waals surface area (Å²) in [6.45, 7) is 4.02. The molecule has 0 unspecified atom stereocenters. The molecule has 3 rings (SSSR count). The zero-order valence-electron chi connectivity index (χ0n) is 35.7. The number of hydrogen-bond acceptors (Lipinski definition) is 14. The number of phenolic OH excluding ortho intramolecular Hbond substituents is 1. The van der Waals surface area contributed by atoms with Crippen molar-refractivity contribution in [2.24, 2.45) is 5.73 Å². The number of carboxylic acid groups (broad SMARTS) is 1. The Labute approximate surface area is 420 Å². The maximum Gasteiger partial charge on any atom is 0.326 e. The Morgan fingerprint density at radius 2 is 1.26 bits per heavy atom. The van der Waals surface area contributed by atoms with Crippen LogP contribution in [0.4, 0.5) is 0 Å². The molecule has 66 heavy (non-hydrogen) atoms. The van der Waals surface area contributed by atoms with Gasteiger partial charge < -0.3 is 61.5 Å². The zero-order chi connectivity index (χ0) is 48.9. The van der Waals surface area contributed by atoms with Crippen LogP contribution in [-0.4, -0.2) is 145 Å². The molecular formula is C41H50I3N7O15. The van der Waals surface area contributed by atoms with Crippen LogP contribution in [0, 0.1) is 10.7 Å². The summed E-state index contributed by atoms with van der Waals surface area (Å²) < 4.78 is 24.0. The van der Waals surface area contributed by atoms with Crippen LogP contribution in [0.5, 0.6) is 17.2 Å². The third-order valence-corrected chi connectivity index (χ3v) is 11.5. The van der Waals surface area contributed by atoms with Gasteiger partial charge in [0.25, 0.3) is 11.8 Å². The van der Waals surface area contributed by atoms with Crippen molar-refractivity contribution in [1.29, 1.82) is 0 Å². The van der Waals surface area contributed by atoms with Gasteiger partial charge in [0.1, 0.15) is 35.7 Å². The Hall–Kier alpha value is -4.72. The van der Waals surface area contributed by atoms with Crippen LogP contribution in [0.1, 0.15) is 38.7 Å². The fraction of sp³-hybridized carbons (Fsp3) is 0.439. The van der Waals surface area contributed by atoms with Gasteiger partial charge >= 0.3 is 5.97 Å². The summed E-state index contributed by atoms with van der Waals surface area (Å²) in [5.41, 5.74) is 5.86. The Balaban J connectivity index is 1.34. The molecule has 1 aliphatic rings. The highest BCUT2D eigenvalue weighted by atomic mass is 127. The molecule has 1 aliphatic heterocycles. The number of benzene rings is 2. The zero-order valence-corrected chi connectivity index (χ0v) is 42.2. The van der Waals surface area contributed by atoms with Gasteiger partial charge in [-0.15, -0.1) is 0 Å². The van der Waals surface area contributed by atoms with Crippen molar-refractivity contribution >= 4 is 121 Å². The standard InChI is InChI=1S/C41H50I3N7O15/c1-22(47-34(55)8-11-63-13-15-65-16-14-64-12-9-46-33(54)7-10-51-35(56)5-6-36(51)57)38(58)48-23(2)39(59)49-29(21-32(45)53)40(60)50-30(41(61)62)19-24-17-27(43)37(28(44)18-24)66-25-3-4-31(52)26(42)20-25/h3-6,17-18,20,22-23,29-30,52H,7-16,19,21H2,1-2H3,(H2,45,53)(H,46,54)(H,47,55)(H,48,58)(H,49,59)(H,50,60)(H,61,62)/t22-,23-,29+,30-/m0/s1. The van der Waals surface area contributed by atoms with Crippen molar-refractivity contribution < 1.29 is 72.3 Å². The maximum atomic E-state index is 13.3. The maximum absolute atomic E-state index is 13.3. The molecule has 9 N–H and O–H groups in total. The van der Waals surface area contributed by atoms with E-state index >= 15 is 0 Å². The normalized spacial score (nSPS) is 13.9. The van der Waals surface area contributed by atoms with Gasteiger partial charge in [0.2, 0.25) is 35.4 Å². The highest BCUT2D eigenvalue weighted by Crippen LogP contribution is 2.35. The van der Waals surface area contributed by atoms with Gasteiger partial charge in [0, 0.05) is 44.5 Å². The van der Waals surface area contributed by atoms with Crippen molar-refractivity contribution in [3.05, 3.63) is 58.8 Å². The van der Waals surface area contributed by atoms with Gasteiger partial charge in [-0.1, -0.05) is 0 Å². The summed E-state index contributed by atoms with van der Waals surface area (Å²) in [5, 5.41) is 32.0. The number of carbonyl (C=O) groups excluding carboxylic acids is 8. The Morgan fingerprint density at radius 3 is 1.85 bits per heavy atom. The molecule has 0 spiro atoms. The predicted molar refractivity (Wildman–Crippen MR) is 258 cm³/mol. The van der Waals surface area contributed by atoms with Crippen LogP contribution in [0.2, 0.25) is 0 Å². The van der Waals surface area contributed by atoms with E-state index in [1.807, 2.05) is 67.8 Å². The van der Waals surface area contributed by atoms with E-state index in [0.29, 0.717) is 27.8 Å². The summed E-state index contributed by atoms with van der Waals surface area (Å²) in [7, 11) is 0. The molecule has 0 aliphatic carbocycles. The topological polar surface area (TPSA) is 320 Å². The van der Waals surface area contributed by atoms with Crippen LogP contribution in [0.15, 0.2) is 42.5 Å². The first-order valence-corrected chi connectivity index (χ1v) is 23.4. The van der Waals surface area contributed by atoms with Crippen molar-refractivity contribution in [2.75, 3.05) is 52.7 Å². The van der Waals surface area contributed by atoms with Gasteiger partial charge in [-0.05, 0) is 118 Å². The minimum atomic E-state index is -1.60. The molecule has 360 valence electrons. The molecular weight excluding hydrogens is 1210 g/mol. The quantitative estimate of drug-likeness (QED) is 0.0310. The number of amides is 8. The minimum Gasteiger partial charge on any atom is -0.507 e. The minimum absolute atomic E-state index is 0.00619. The molecule has 0 saturated heterocycles. The van der Waals surface area contributed by atoms with Crippen molar-refractivity contribution in [2.45, 2.75) is 63.7 Å². The SMILES string of the molecule is C[C@H](NC(=O)CCOCCOCCOCCNC(=O)CCN1C(=O)C=CC1=O)C(=O)N[C@@H](C)C(=O)N[C@H](CC(N)=O)C(=O)N[C@@H](Cc1cc(I)c(Oc2ccc(O)c(I)c2)c(I)c1)C(=O)O. The number of ether oxygens (including phenoxy) is 4. The molecule has 25 heteroatoms. The Morgan fingerprint density at radius 1 is 0.697 bits per heavy atom. The molecule has 1 heterocycles. The summed E-state index contributed by atoms with van der Waals surface area (Å²) in [4.78, 5) is 112. The summed E-state index contributed by atoms with van der Waals surface area (Å²) >= 11 is 6.02. The third-order valence-electron chi connectivity index (χ3n) is 9.06. The second kappa shape index (κ2) is 28.5. The third kappa shape index (κ3) is 19.6. The van der Waals surface area contributed by atoms with Crippen LogP contribution < -0.4 is 37.1 Å². The molecule has 0 fully saturated rings. The predicted octanol–water partition coefficient (Wildman–Crippen LogP) is 0.351.